The summed E-state index contributed by atoms with van der Waals surface area (Å²) in [5.41, 5.74) is 1.88. The SMILES string of the molecule is CCOC(=O)C1(NC(=O)c2ccc(-c3cnc4nnc(C5(c6ccc(OC)cc6)CC5)n4n3)cc2)CC1. The molecule has 2 aliphatic carbocycles. The molecule has 0 aliphatic heterocycles. The molecule has 2 aromatic carbocycles. The van der Waals surface area contributed by atoms with Crippen LogP contribution in [-0.2, 0) is 14.9 Å². The first-order valence-corrected chi connectivity index (χ1v) is 12.3. The molecule has 188 valence electrons. The average molecular weight is 499 g/mol. The van der Waals surface area contributed by atoms with Crippen LogP contribution < -0.4 is 10.1 Å². The normalized spacial score (nSPS) is 16.7. The van der Waals surface area contributed by atoms with Crippen molar-refractivity contribution in [1.82, 2.24) is 30.1 Å². The van der Waals surface area contributed by atoms with Gasteiger partial charge in [-0.25, -0.2) is 9.78 Å². The zero-order valence-electron chi connectivity index (χ0n) is 20.6. The summed E-state index contributed by atoms with van der Waals surface area (Å²) in [5.74, 6) is 1.30. The van der Waals surface area contributed by atoms with E-state index >= 15 is 0 Å². The molecule has 0 unspecified atom stereocenters. The lowest BCUT2D eigenvalue weighted by Crippen LogP contribution is -2.44. The van der Waals surface area contributed by atoms with Crippen LogP contribution >= 0.6 is 0 Å². The second-order valence-corrected chi connectivity index (χ2v) is 9.52. The number of carbonyl (C=O) groups excluding carboxylic acids is 2. The summed E-state index contributed by atoms with van der Waals surface area (Å²) < 4.78 is 12.1. The van der Waals surface area contributed by atoms with Crippen LogP contribution in [0.1, 0.15) is 54.4 Å². The number of aromatic nitrogens is 5. The molecule has 10 heteroatoms. The first-order valence-electron chi connectivity index (χ1n) is 12.3. The predicted octanol–water partition coefficient (Wildman–Crippen LogP) is 3.10. The Labute approximate surface area is 213 Å². The second-order valence-electron chi connectivity index (χ2n) is 9.52. The maximum atomic E-state index is 12.8. The van der Waals surface area contributed by atoms with Gasteiger partial charge in [-0.05, 0) is 62.4 Å². The Hall–Kier alpha value is -4.34. The molecule has 4 aromatic rings. The van der Waals surface area contributed by atoms with Gasteiger partial charge in [0.15, 0.2) is 5.82 Å². The number of nitrogens with zero attached hydrogens (tertiary/aromatic N) is 5. The van der Waals surface area contributed by atoms with Crippen molar-refractivity contribution in [2.75, 3.05) is 13.7 Å². The predicted molar refractivity (Wildman–Crippen MR) is 133 cm³/mol. The van der Waals surface area contributed by atoms with Gasteiger partial charge in [0, 0.05) is 11.1 Å². The Balaban J connectivity index is 1.25. The number of nitrogens with one attached hydrogen (secondary N) is 1. The van der Waals surface area contributed by atoms with E-state index in [1.54, 1.807) is 36.9 Å². The van der Waals surface area contributed by atoms with E-state index in [0.29, 0.717) is 29.9 Å². The van der Waals surface area contributed by atoms with E-state index < -0.39 is 5.54 Å². The number of ether oxygens (including phenoxy) is 2. The molecule has 0 atom stereocenters. The van der Waals surface area contributed by atoms with Gasteiger partial charge in [-0.3, -0.25) is 4.79 Å². The number of rotatable bonds is 8. The maximum Gasteiger partial charge on any atom is 0.331 e. The van der Waals surface area contributed by atoms with Crippen molar-refractivity contribution in [1.29, 1.82) is 0 Å². The zero-order valence-corrected chi connectivity index (χ0v) is 20.6. The van der Waals surface area contributed by atoms with Crippen LogP contribution in [0.4, 0.5) is 0 Å². The summed E-state index contributed by atoms with van der Waals surface area (Å²) in [4.78, 5) is 29.4. The van der Waals surface area contributed by atoms with Gasteiger partial charge in [-0.2, -0.15) is 9.61 Å². The third-order valence-corrected chi connectivity index (χ3v) is 7.17. The summed E-state index contributed by atoms with van der Waals surface area (Å²) in [5, 5.41) is 16.3. The van der Waals surface area contributed by atoms with Gasteiger partial charge in [0.05, 0.1) is 25.3 Å². The average Bonchev–Trinajstić information content (AvgIpc) is 3.86. The lowest BCUT2D eigenvalue weighted by molar-refractivity contribution is -0.146. The fraction of sp³-hybridized carbons (Fsp3) is 0.333. The monoisotopic (exact) mass is 498 g/mol. The molecule has 2 aliphatic rings. The van der Waals surface area contributed by atoms with E-state index in [2.05, 4.69) is 32.6 Å². The molecule has 2 heterocycles. The highest BCUT2D eigenvalue weighted by molar-refractivity contribution is 5.99. The number of fused-ring (bicyclic) bond motifs is 1. The van der Waals surface area contributed by atoms with E-state index in [1.165, 1.54) is 0 Å². The van der Waals surface area contributed by atoms with Gasteiger partial charge in [0.1, 0.15) is 17.0 Å². The quantitative estimate of drug-likeness (QED) is 0.368. The summed E-state index contributed by atoms with van der Waals surface area (Å²) >= 11 is 0. The lowest BCUT2D eigenvalue weighted by Gasteiger charge is -2.16. The molecule has 1 N–H and O–H groups in total. The topological polar surface area (TPSA) is 121 Å². The first kappa shape index (κ1) is 23.1. The Morgan fingerprint density at radius 1 is 1.00 bits per heavy atom. The van der Waals surface area contributed by atoms with Crippen molar-refractivity contribution in [3.63, 3.8) is 0 Å². The van der Waals surface area contributed by atoms with Crippen molar-refractivity contribution >= 4 is 17.7 Å². The smallest absolute Gasteiger partial charge is 0.331 e. The van der Waals surface area contributed by atoms with Crippen molar-refractivity contribution in [3.8, 4) is 17.0 Å². The van der Waals surface area contributed by atoms with Gasteiger partial charge in [0.2, 0.25) is 0 Å². The van der Waals surface area contributed by atoms with Gasteiger partial charge in [0.25, 0.3) is 11.7 Å². The molecular formula is C27H26N6O4. The number of esters is 1. The standard InChI is InChI=1S/C27H26N6O4/c1-3-37-24(35)27(14-15-27)29-22(34)18-6-4-17(5-7-18)21-16-28-25-31-30-23(33(25)32-21)26(12-13-26)19-8-10-20(36-2)11-9-19/h4-11,16H,3,12-15H2,1-2H3,(H,29,34). The molecule has 6 rings (SSSR count). The van der Waals surface area contributed by atoms with Crippen LogP contribution in [0.3, 0.4) is 0 Å². The van der Waals surface area contributed by atoms with Crippen LogP contribution in [0.2, 0.25) is 0 Å². The van der Waals surface area contributed by atoms with Crippen molar-refractivity contribution in [2.45, 2.75) is 43.6 Å². The maximum absolute atomic E-state index is 12.8. The largest absolute Gasteiger partial charge is 0.497 e. The van der Waals surface area contributed by atoms with Crippen molar-refractivity contribution < 1.29 is 19.1 Å². The molecule has 0 saturated heterocycles. The van der Waals surface area contributed by atoms with Crippen LogP contribution in [-0.4, -0.2) is 55.9 Å². The Morgan fingerprint density at radius 2 is 1.73 bits per heavy atom. The Kier molecular flexibility index (Phi) is 5.40. The number of amides is 1. The van der Waals surface area contributed by atoms with Gasteiger partial charge in [-0.15, -0.1) is 10.2 Å². The molecule has 0 radical (unpaired) electrons. The highest BCUT2D eigenvalue weighted by atomic mass is 16.5. The van der Waals surface area contributed by atoms with Gasteiger partial charge < -0.3 is 14.8 Å². The Bertz CT molecular complexity index is 1490. The minimum absolute atomic E-state index is 0.251. The van der Waals surface area contributed by atoms with Gasteiger partial charge in [-0.1, -0.05) is 24.3 Å². The molecule has 37 heavy (non-hydrogen) atoms. The molecule has 2 fully saturated rings. The number of methoxy groups -OCH3 is 1. The van der Waals surface area contributed by atoms with Crippen LogP contribution in [0.5, 0.6) is 5.75 Å². The molecule has 10 nitrogen and oxygen atoms in total. The second kappa shape index (κ2) is 8.65. The van der Waals surface area contributed by atoms with Crippen LogP contribution in [0, 0.1) is 0 Å². The third kappa shape index (κ3) is 3.98. The molecule has 0 bridgehead atoms. The van der Waals surface area contributed by atoms with E-state index in [4.69, 9.17) is 14.6 Å². The van der Waals surface area contributed by atoms with E-state index in [0.717, 1.165) is 35.5 Å². The molecular weight excluding hydrogens is 472 g/mol. The summed E-state index contributed by atoms with van der Waals surface area (Å²) in [7, 11) is 1.65. The zero-order chi connectivity index (χ0) is 25.6. The molecule has 2 aromatic heterocycles. The van der Waals surface area contributed by atoms with Crippen molar-refractivity contribution in [2.24, 2.45) is 0 Å². The van der Waals surface area contributed by atoms with E-state index in [1.807, 2.05) is 24.3 Å². The highest BCUT2D eigenvalue weighted by Gasteiger charge is 2.53. The minimum atomic E-state index is -0.893. The summed E-state index contributed by atoms with van der Waals surface area (Å²) in [6.07, 6.45) is 4.72. The summed E-state index contributed by atoms with van der Waals surface area (Å²) in [6, 6.07) is 15.1. The van der Waals surface area contributed by atoms with Crippen LogP contribution in [0.25, 0.3) is 17.0 Å². The first-order chi connectivity index (χ1) is 18.0. The number of benzene rings is 2. The molecule has 1 amide bonds. The van der Waals surface area contributed by atoms with Crippen molar-refractivity contribution in [3.05, 3.63) is 71.7 Å². The van der Waals surface area contributed by atoms with E-state index in [-0.39, 0.29) is 23.9 Å². The van der Waals surface area contributed by atoms with Crippen LogP contribution in [0.15, 0.2) is 54.7 Å². The summed E-state index contributed by atoms with van der Waals surface area (Å²) in [6.45, 7) is 2.03. The third-order valence-electron chi connectivity index (χ3n) is 7.17. The van der Waals surface area contributed by atoms with Gasteiger partial charge >= 0.3 is 5.97 Å². The number of carbonyl (C=O) groups is 2. The fourth-order valence-corrected chi connectivity index (χ4v) is 4.66. The Morgan fingerprint density at radius 3 is 2.35 bits per heavy atom. The molecule has 0 spiro atoms. The number of hydrogen-bond donors (Lipinski definition) is 1. The number of hydrogen-bond acceptors (Lipinski definition) is 8. The van der Waals surface area contributed by atoms with E-state index in [9.17, 15) is 9.59 Å². The molecule has 2 saturated carbocycles. The minimum Gasteiger partial charge on any atom is -0.497 e. The lowest BCUT2D eigenvalue weighted by atomic mass is 9.95. The highest BCUT2D eigenvalue weighted by Crippen LogP contribution is 2.52. The fourth-order valence-electron chi connectivity index (χ4n) is 4.66.